The Bertz CT molecular complexity index is 334. The van der Waals surface area contributed by atoms with Crippen LogP contribution in [0.2, 0.25) is 0 Å². The Morgan fingerprint density at radius 1 is 1.40 bits per heavy atom. The van der Waals surface area contributed by atoms with Gasteiger partial charge < -0.3 is 9.67 Å². The first-order chi connectivity index (χ1) is 7.18. The first-order valence-corrected chi connectivity index (χ1v) is 5.24. The molecular weight excluding hydrogens is 192 g/mol. The summed E-state index contributed by atoms with van der Waals surface area (Å²) in [7, 11) is 1.88. The number of carboxylic acid groups (broad SMARTS) is 1. The summed E-state index contributed by atoms with van der Waals surface area (Å²) in [6, 6.07) is 3.95. The third-order valence-corrected chi connectivity index (χ3v) is 3.18. The fraction of sp³-hybridized carbons (Fsp3) is 0.545. The number of carboxylic acids is 1. The lowest BCUT2D eigenvalue weighted by atomic mass is 9.97. The highest BCUT2D eigenvalue weighted by Crippen LogP contribution is 2.26. The molecule has 0 saturated carbocycles. The summed E-state index contributed by atoms with van der Waals surface area (Å²) in [6.07, 6.45) is 5.74. The van der Waals surface area contributed by atoms with Gasteiger partial charge in [-0.2, -0.15) is 0 Å². The number of hydrogen-bond acceptors (Lipinski definition) is 2. The van der Waals surface area contributed by atoms with E-state index in [4.69, 9.17) is 5.11 Å². The Hall–Kier alpha value is -1.29. The van der Waals surface area contributed by atoms with Crippen molar-refractivity contribution >= 4 is 5.97 Å². The molecule has 2 unspecified atom stereocenters. The molecule has 4 heteroatoms. The van der Waals surface area contributed by atoms with Gasteiger partial charge in [-0.25, -0.2) is 0 Å². The summed E-state index contributed by atoms with van der Waals surface area (Å²) in [5.41, 5.74) is 0. The van der Waals surface area contributed by atoms with E-state index in [0.717, 1.165) is 13.0 Å². The van der Waals surface area contributed by atoms with E-state index >= 15 is 0 Å². The van der Waals surface area contributed by atoms with Crippen LogP contribution in [0.25, 0.3) is 0 Å². The van der Waals surface area contributed by atoms with Crippen molar-refractivity contribution in [2.24, 2.45) is 0 Å². The number of aromatic nitrogens is 1. The number of nitrogens with zero attached hydrogens (tertiary/aromatic N) is 2. The second-order valence-corrected chi connectivity index (χ2v) is 4.14. The van der Waals surface area contributed by atoms with Crippen LogP contribution in [-0.4, -0.2) is 40.2 Å². The molecule has 82 valence electrons. The van der Waals surface area contributed by atoms with Gasteiger partial charge in [0.15, 0.2) is 0 Å². The number of carbonyl (C=O) groups is 1. The lowest BCUT2D eigenvalue weighted by molar-refractivity contribution is -0.144. The average Bonchev–Trinajstić information content (AvgIpc) is 2.71. The molecule has 1 saturated heterocycles. The third kappa shape index (κ3) is 2.04. The van der Waals surface area contributed by atoms with E-state index in [2.05, 4.69) is 4.57 Å². The topological polar surface area (TPSA) is 45.5 Å². The van der Waals surface area contributed by atoms with E-state index in [1.165, 1.54) is 0 Å². The normalized spacial score (nSPS) is 27.8. The zero-order valence-corrected chi connectivity index (χ0v) is 8.84. The smallest absolute Gasteiger partial charge is 0.320 e. The fourth-order valence-electron chi connectivity index (χ4n) is 2.22. The van der Waals surface area contributed by atoms with Gasteiger partial charge in [0.1, 0.15) is 6.04 Å². The van der Waals surface area contributed by atoms with Crippen LogP contribution in [-0.2, 0) is 4.79 Å². The molecule has 2 heterocycles. The van der Waals surface area contributed by atoms with Crippen LogP contribution >= 0.6 is 0 Å². The predicted octanol–water partition coefficient (Wildman–Crippen LogP) is 1.21. The molecular formula is C11H16N2O2. The lowest BCUT2D eigenvalue weighted by Gasteiger charge is -2.35. The van der Waals surface area contributed by atoms with Crippen LogP contribution in [0, 0.1) is 0 Å². The van der Waals surface area contributed by atoms with Gasteiger partial charge in [-0.3, -0.25) is 9.69 Å². The molecule has 1 aliphatic rings. The Labute approximate surface area is 89.1 Å². The predicted molar refractivity (Wildman–Crippen MR) is 56.8 cm³/mol. The van der Waals surface area contributed by atoms with Crippen LogP contribution in [0.15, 0.2) is 24.5 Å². The largest absolute Gasteiger partial charge is 0.480 e. The van der Waals surface area contributed by atoms with Crippen molar-refractivity contribution in [1.82, 2.24) is 9.47 Å². The Balaban J connectivity index is 2.09. The minimum atomic E-state index is -0.714. The monoisotopic (exact) mass is 208 g/mol. The number of rotatable bonds is 2. The minimum Gasteiger partial charge on any atom is -0.480 e. The molecule has 0 spiro atoms. The van der Waals surface area contributed by atoms with Crippen LogP contribution in [0.1, 0.15) is 18.9 Å². The Kier molecular flexibility index (Phi) is 2.77. The second kappa shape index (κ2) is 4.06. The van der Waals surface area contributed by atoms with E-state index in [9.17, 15) is 4.79 Å². The van der Waals surface area contributed by atoms with Crippen LogP contribution < -0.4 is 0 Å². The zero-order chi connectivity index (χ0) is 10.8. The molecule has 0 radical (unpaired) electrons. The van der Waals surface area contributed by atoms with Crippen molar-refractivity contribution in [2.45, 2.75) is 24.9 Å². The number of likely N-dealkylation sites (N-methyl/N-ethyl adjacent to an activating group) is 1. The molecule has 15 heavy (non-hydrogen) atoms. The van der Waals surface area contributed by atoms with E-state index in [0.29, 0.717) is 12.5 Å². The number of likely N-dealkylation sites (tertiary alicyclic amines) is 1. The summed E-state index contributed by atoms with van der Waals surface area (Å²) in [6.45, 7) is 0.847. The van der Waals surface area contributed by atoms with Gasteiger partial charge in [0.2, 0.25) is 0 Å². The molecule has 1 N–H and O–H groups in total. The highest BCUT2D eigenvalue weighted by molar-refractivity contribution is 5.73. The van der Waals surface area contributed by atoms with Gasteiger partial charge >= 0.3 is 5.97 Å². The van der Waals surface area contributed by atoms with Crippen molar-refractivity contribution in [3.05, 3.63) is 24.5 Å². The third-order valence-electron chi connectivity index (χ3n) is 3.18. The maximum atomic E-state index is 11.0. The molecule has 0 bridgehead atoms. The van der Waals surface area contributed by atoms with Crippen molar-refractivity contribution in [3.8, 4) is 0 Å². The molecule has 1 fully saturated rings. The van der Waals surface area contributed by atoms with E-state index < -0.39 is 5.97 Å². The quantitative estimate of drug-likeness (QED) is 0.794. The van der Waals surface area contributed by atoms with E-state index in [-0.39, 0.29) is 6.04 Å². The van der Waals surface area contributed by atoms with Gasteiger partial charge in [0.25, 0.3) is 0 Å². The SMILES string of the molecule is CN1CCC(n2cccc2)CC1C(=O)O. The summed E-state index contributed by atoms with van der Waals surface area (Å²) in [5.74, 6) is -0.714. The molecule has 1 aliphatic heterocycles. The molecule has 1 aromatic rings. The zero-order valence-electron chi connectivity index (χ0n) is 8.84. The molecule has 4 nitrogen and oxygen atoms in total. The van der Waals surface area contributed by atoms with Gasteiger partial charge in [-0.05, 0) is 32.0 Å². The van der Waals surface area contributed by atoms with Crippen molar-refractivity contribution in [2.75, 3.05) is 13.6 Å². The first-order valence-electron chi connectivity index (χ1n) is 5.24. The summed E-state index contributed by atoms with van der Waals surface area (Å²) in [4.78, 5) is 12.9. The second-order valence-electron chi connectivity index (χ2n) is 4.14. The Morgan fingerprint density at radius 2 is 2.07 bits per heavy atom. The average molecular weight is 208 g/mol. The van der Waals surface area contributed by atoms with Crippen LogP contribution in [0.4, 0.5) is 0 Å². The van der Waals surface area contributed by atoms with Crippen molar-refractivity contribution < 1.29 is 9.90 Å². The number of hydrogen-bond donors (Lipinski definition) is 1. The molecule has 0 aromatic carbocycles. The van der Waals surface area contributed by atoms with Crippen molar-refractivity contribution in [1.29, 1.82) is 0 Å². The van der Waals surface area contributed by atoms with E-state index in [1.807, 2.05) is 36.5 Å². The molecule has 0 amide bonds. The molecule has 0 aliphatic carbocycles. The Morgan fingerprint density at radius 3 is 2.67 bits per heavy atom. The number of aliphatic carboxylic acids is 1. The summed E-state index contributed by atoms with van der Waals surface area (Å²) in [5, 5.41) is 9.07. The maximum absolute atomic E-state index is 11.0. The van der Waals surface area contributed by atoms with Crippen molar-refractivity contribution in [3.63, 3.8) is 0 Å². The summed E-state index contributed by atoms with van der Waals surface area (Å²) < 4.78 is 2.11. The standard InChI is InChI=1S/C11H16N2O2/c1-12-7-4-9(8-10(12)11(14)15)13-5-2-3-6-13/h2-3,5-6,9-10H,4,7-8H2,1H3,(H,14,15). The van der Waals surface area contributed by atoms with Crippen LogP contribution in [0.5, 0.6) is 0 Å². The van der Waals surface area contributed by atoms with Gasteiger partial charge in [-0.15, -0.1) is 0 Å². The highest BCUT2D eigenvalue weighted by atomic mass is 16.4. The fourth-order valence-corrected chi connectivity index (χ4v) is 2.22. The minimum absolute atomic E-state index is 0.331. The summed E-state index contributed by atoms with van der Waals surface area (Å²) >= 11 is 0. The van der Waals surface area contributed by atoms with Crippen LogP contribution in [0.3, 0.4) is 0 Å². The van der Waals surface area contributed by atoms with Gasteiger partial charge in [0, 0.05) is 25.0 Å². The van der Waals surface area contributed by atoms with Gasteiger partial charge in [-0.1, -0.05) is 0 Å². The molecule has 1 aromatic heterocycles. The highest BCUT2D eigenvalue weighted by Gasteiger charge is 2.31. The first kappa shape index (κ1) is 10.2. The molecule has 2 atom stereocenters. The maximum Gasteiger partial charge on any atom is 0.320 e. The number of piperidine rings is 1. The lowest BCUT2D eigenvalue weighted by Crippen LogP contribution is -2.45. The molecule has 2 rings (SSSR count). The van der Waals surface area contributed by atoms with E-state index in [1.54, 1.807) is 0 Å². The van der Waals surface area contributed by atoms with Gasteiger partial charge in [0.05, 0.1) is 0 Å².